The Balaban J connectivity index is 1.93. The Morgan fingerprint density at radius 2 is 2.00 bits per heavy atom. The molecule has 2 heterocycles. The van der Waals surface area contributed by atoms with E-state index >= 15 is 0 Å². The van der Waals surface area contributed by atoms with Crippen molar-refractivity contribution in [1.82, 2.24) is 10.3 Å². The first kappa shape index (κ1) is 14.5. The number of nitrogens with zero attached hydrogens (tertiary/aromatic N) is 1. The Kier molecular flexibility index (Phi) is 4.99. The molecular weight excluding hydrogens is 240 g/mol. The van der Waals surface area contributed by atoms with Crippen LogP contribution in [0.25, 0.3) is 0 Å². The van der Waals surface area contributed by atoms with Gasteiger partial charge in [-0.3, -0.25) is 0 Å². The number of aromatic nitrogens is 1. The van der Waals surface area contributed by atoms with E-state index in [0.717, 1.165) is 37.6 Å². The minimum atomic E-state index is 0.212. The SMILES string of the molecule is CCCNCCc1ncc(C2C(C)OC(C)C2C)o1. The molecule has 1 N–H and O–H groups in total. The van der Waals surface area contributed by atoms with Crippen LogP contribution < -0.4 is 5.32 Å². The van der Waals surface area contributed by atoms with Crippen LogP contribution in [0.1, 0.15) is 51.7 Å². The van der Waals surface area contributed by atoms with Gasteiger partial charge in [-0.1, -0.05) is 13.8 Å². The van der Waals surface area contributed by atoms with Crippen LogP contribution in [0.3, 0.4) is 0 Å². The van der Waals surface area contributed by atoms with Gasteiger partial charge in [0.2, 0.25) is 0 Å². The molecular formula is C15H26N2O2. The molecule has 4 heteroatoms. The van der Waals surface area contributed by atoms with Crippen LogP contribution >= 0.6 is 0 Å². The molecule has 0 amide bonds. The fourth-order valence-electron chi connectivity index (χ4n) is 2.85. The zero-order chi connectivity index (χ0) is 13.8. The largest absolute Gasteiger partial charge is 0.445 e. The van der Waals surface area contributed by atoms with Crippen LogP contribution in [0.4, 0.5) is 0 Å². The van der Waals surface area contributed by atoms with Crippen molar-refractivity contribution in [3.8, 4) is 0 Å². The Bertz CT molecular complexity index is 391. The number of oxazole rings is 1. The zero-order valence-electron chi connectivity index (χ0n) is 12.5. The average Bonchev–Trinajstić information content (AvgIpc) is 2.91. The molecule has 4 nitrogen and oxygen atoms in total. The summed E-state index contributed by atoms with van der Waals surface area (Å²) in [5, 5.41) is 3.36. The molecule has 1 fully saturated rings. The summed E-state index contributed by atoms with van der Waals surface area (Å²) < 4.78 is 11.8. The van der Waals surface area contributed by atoms with Crippen LogP contribution in [0, 0.1) is 5.92 Å². The number of hydrogen-bond donors (Lipinski definition) is 1. The van der Waals surface area contributed by atoms with Crippen molar-refractivity contribution in [3.63, 3.8) is 0 Å². The molecule has 4 atom stereocenters. The summed E-state index contributed by atoms with van der Waals surface area (Å²) in [6, 6.07) is 0. The van der Waals surface area contributed by atoms with Gasteiger partial charge in [0.15, 0.2) is 5.89 Å². The van der Waals surface area contributed by atoms with Gasteiger partial charge in [-0.15, -0.1) is 0 Å². The maximum absolute atomic E-state index is 5.91. The Hall–Kier alpha value is -0.870. The minimum absolute atomic E-state index is 0.212. The highest BCUT2D eigenvalue weighted by Gasteiger charge is 2.40. The second-order valence-corrected chi connectivity index (χ2v) is 5.59. The lowest BCUT2D eigenvalue weighted by atomic mass is 9.88. The summed E-state index contributed by atoms with van der Waals surface area (Å²) in [6.45, 7) is 10.6. The van der Waals surface area contributed by atoms with Crippen molar-refractivity contribution in [3.05, 3.63) is 17.8 Å². The van der Waals surface area contributed by atoms with E-state index in [1.165, 1.54) is 0 Å². The van der Waals surface area contributed by atoms with Crippen LogP contribution in [0.5, 0.6) is 0 Å². The summed E-state index contributed by atoms with van der Waals surface area (Å²) in [4.78, 5) is 4.39. The van der Waals surface area contributed by atoms with Gasteiger partial charge in [0.25, 0.3) is 0 Å². The van der Waals surface area contributed by atoms with E-state index in [-0.39, 0.29) is 6.10 Å². The monoisotopic (exact) mass is 266 g/mol. The topological polar surface area (TPSA) is 47.3 Å². The first-order chi connectivity index (χ1) is 9.13. The lowest BCUT2D eigenvalue weighted by Gasteiger charge is -2.14. The van der Waals surface area contributed by atoms with Gasteiger partial charge in [0, 0.05) is 18.9 Å². The molecule has 0 aromatic carbocycles. The van der Waals surface area contributed by atoms with Gasteiger partial charge in [0.05, 0.1) is 18.4 Å². The second-order valence-electron chi connectivity index (χ2n) is 5.59. The molecule has 1 aromatic heterocycles. The number of ether oxygens (including phenoxy) is 1. The van der Waals surface area contributed by atoms with Crippen molar-refractivity contribution in [2.45, 2.75) is 58.7 Å². The van der Waals surface area contributed by atoms with Gasteiger partial charge in [0.1, 0.15) is 5.76 Å². The summed E-state index contributed by atoms with van der Waals surface area (Å²) in [5.74, 6) is 2.63. The number of hydrogen-bond acceptors (Lipinski definition) is 4. The van der Waals surface area contributed by atoms with Crippen LogP contribution in [0.2, 0.25) is 0 Å². The molecule has 1 aliphatic heterocycles. The van der Waals surface area contributed by atoms with E-state index in [1.807, 2.05) is 6.20 Å². The molecule has 1 saturated heterocycles. The summed E-state index contributed by atoms with van der Waals surface area (Å²) >= 11 is 0. The Labute approximate surface area is 115 Å². The van der Waals surface area contributed by atoms with Crippen molar-refractivity contribution in [1.29, 1.82) is 0 Å². The highest BCUT2D eigenvalue weighted by atomic mass is 16.5. The fraction of sp³-hybridized carbons (Fsp3) is 0.800. The zero-order valence-corrected chi connectivity index (χ0v) is 12.5. The maximum Gasteiger partial charge on any atom is 0.195 e. The first-order valence-corrected chi connectivity index (χ1v) is 7.44. The van der Waals surface area contributed by atoms with E-state index in [2.05, 4.69) is 38.0 Å². The van der Waals surface area contributed by atoms with E-state index in [9.17, 15) is 0 Å². The number of nitrogens with one attached hydrogen (secondary N) is 1. The van der Waals surface area contributed by atoms with Gasteiger partial charge in [-0.05, 0) is 32.7 Å². The molecule has 108 valence electrons. The highest BCUT2D eigenvalue weighted by molar-refractivity contribution is 5.09. The average molecular weight is 266 g/mol. The van der Waals surface area contributed by atoms with Gasteiger partial charge >= 0.3 is 0 Å². The normalized spacial score (nSPS) is 30.9. The predicted molar refractivity (Wildman–Crippen MR) is 75.3 cm³/mol. The molecule has 1 aromatic rings. The molecule has 19 heavy (non-hydrogen) atoms. The quantitative estimate of drug-likeness (QED) is 0.804. The number of rotatable bonds is 6. The molecule has 0 saturated carbocycles. The standard InChI is InChI=1S/C15H26N2O2/c1-5-7-16-8-6-14-17-9-13(19-14)15-10(2)11(3)18-12(15)4/h9-12,15-16H,5-8H2,1-4H3. The molecule has 0 aliphatic carbocycles. The van der Waals surface area contributed by atoms with E-state index in [0.29, 0.717) is 17.9 Å². The summed E-state index contributed by atoms with van der Waals surface area (Å²) in [5.41, 5.74) is 0. The smallest absolute Gasteiger partial charge is 0.195 e. The third-order valence-electron chi connectivity index (χ3n) is 4.08. The van der Waals surface area contributed by atoms with Crippen LogP contribution in [-0.2, 0) is 11.2 Å². The second kappa shape index (κ2) is 6.53. The molecule has 1 aliphatic rings. The van der Waals surface area contributed by atoms with Crippen molar-refractivity contribution in [2.24, 2.45) is 5.92 Å². The Morgan fingerprint density at radius 1 is 1.21 bits per heavy atom. The maximum atomic E-state index is 5.91. The van der Waals surface area contributed by atoms with Gasteiger partial charge in [-0.2, -0.15) is 0 Å². The fourth-order valence-corrected chi connectivity index (χ4v) is 2.85. The van der Waals surface area contributed by atoms with E-state index < -0.39 is 0 Å². The third-order valence-corrected chi connectivity index (χ3v) is 4.08. The predicted octanol–water partition coefficient (Wildman–Crippen LogP) is 2.74. The van der Waals surface area contributed by atoms with Crippen LogP contribution in [0.15, 0.2) is 10.6 Å². The van der Waals surface area contributed by atoms with Crippen molar-refractivity contribution in [2.75, 3.05) is 13.1 Å². The minimum Gasteiger partial charge on any atom is -0.445 e. The third kappa shape index (κ3) is 3.37. The van der Waals surface area contributed by atoms with E-state index in [1.54, 1.807) is 0 Å². The molecule has 4 unspecified atom stereocenters. The summed E-state index contributed by atoms with van der Waals surface area (Å²) in [6.07, 6.45) is 4.40. The van der Waals surface area contributed by atoms with E-state index in [4.69, 9.17) is 9.15 Å². The first-order valence-electron chi connectivity index (χ1n) is 7.44. The lowest BCUT2D eigenvalue weighted by Crippen LogP contribution is -2.17. The van der Waals surface area contributed by atoms with Crippen LogP contribution in [-0.4, -0.2) is 30.3 Å². The lowest BCUT2D eigenvalue weighted by molar-refractivity contribution is 0.0547. The van der Waals surface area contributed by atoms with Gasteiger partial charge in [-0.25, -0.2) is 4.98 Å². The molecule has 0 radical (unpaired) electrons. The summed E-state index contributed by atoms with van der Waals surface area (Å²) in [7, 11) is 0. The van der Waals surface area contributed by atoms with Gasteiger partial charge < -0.3 is 14.5 Å². The Morgan fingerprint density at radius 3 is 2.63 bits per heavy atom. The highest BCUT2D eigenvalue weighted by Crippen LogP contribution is 2.39. The molecule has 2 rings (SSSR count). The molecule has 0 bridgehead atoms. The van der Waals surface area contributed by atoms with Crippen molar-refractivity contribution >= 4 is 0 Å². The van der Waals surface area contributed by atoms with Crippen molar-refractivity contribution < 1.29 is 9.15 Å². The molecule has 0 spiro atoms.